The number of nitrogens with one attached hydrogen (secondary N) is 1. The van der Waals surface area contributed by atoms with Gasteiger partial charge >= 0.3 is 0 Å². The molecule has 4 rings (SSSR count). The number of fused-ring (bicyclic) bond motifs is 1. The maximum absolute atomic E-state index is 12.5. The van der Waals surface area contributed by atoms with Gasteiger partial charge < -0.3 is 19.5 Å². The normalized spacial score (nSPS) is 12.0. The van der Waals surface area contributed by atoms with E-state index >= 15 is 0 Å². The number of para-hydroxylation sites is 1. The third-order valence-corrected chi connectivity index (χ3v) is 5.08. The van der Waals surface area contributed by atoms with Crippen LogP contribution in [-0.2, 0) is 6.54 Å². The van der Waals surface area contributed by atoms with E-state index in [0.29, 0.717) is 24.6 Å². The van der Waals surface area contributed by atoms with Crippen LogP contribution in [0.4, 0.5) is 0 Å². The average Bonchev–Trinajstić information content (AvgIpc) is 3.40. The second-order valence-corrected chi connectivity index (χ2v) is 7.11. The maximum atomic E-state index is 12.5. The van der Waals surface area contributed by atoms with Crippen molar-refractivity contribution in [3.05, 3.63) is 59.1 Å². The number of nitrogens with zero attached hydrogens (tertiary/aromatic N) is 1. The van der Waals surface area contributed by atoms with Gasteiger partial charge in [-0.25, -0.2) is 4.98 Å². The third kappa shape index (κ3) is 3.94. The Hall–Kier alpha value is -3.06. The molecule has 0 bridgehead atoms. The molecule has 1 aliphatic rings. The van der Waals surface area contributed by atoms with E-state index in [1.54, 1.807) is 5.38 Å². The van der Waals surface area contributed by atoms with E-state index in [1.807, 2.05) is 42.5 Å². The van der Waals surface area contributed by atoms with Crippen molar-refractivity contribution in [2.24, 2.45) is 0 Å². The van der Waals surface area contributed by atoms with Gasteiger partial charge in [0.1, 0.15) is 16.5 Å². The monoisotopic (exact) mass is 396 g/mol. The highest BCUT2D eigenvalue weighted by molar-refractivity contribution is 7.13. The first-order valence-electron chi connectivity index (χ1n) is 9.09. The van der Waals surface area contributed by atoms with Gasteiger partial charge in [0.2, 0.25) is 6.79 Å². The number of ether oxygens (including phenoxy) is 3. The Kier molecular flexibility index (Phi) is 5.43. The zero-order chi connectivity index (χ0) is 19.3. The fourth-order valence-corrected chi connectivity index (χ4v) is 3.64. The predicted molar refractivity (Wildman–Crippen MR) is 107 cm³/mol. The summed E-state index contributed by atoms with van der Waals surface area (Å²) in [6, 6.07) is 13.4. The molecule has 144 valence electrons. The molecule has 1 N–H and O–H groups in total. The Morgan fingerprint density at radius 3 is 2.96 bits per heavy atom. The van der Waals surface area contributed by atoms with Crippen molar-refractivity contribution in [3.8, 4) is 27.8 Å². The molecule has 0 unspecified atom stereocenters. The Labute approximate surface area is 167 Å². The fourth-order valence-electron chi connectivity index (χ4n) is 2.81. The van der Waals surface area contributed by atoms with E-state index < -0.39 is 0 Å². The molecule has 0 spiro atoms. The molecule has 1 aliphatic heterocycles. The van der Waals surface area contributed by atoms with E-state index in [0.717, 1.165) is 34.1 Å². The highest BCUT2D eigenvalue weighted by Crippen LogP contribution is 2.33. The Morgan fingerprint density at radius 1 is 1.21 bits per heavy atom. The van der Waals surface area contributed by atoms with E-state index in [4.69, 9.17) is 14.2 Å². The lowest BCUT2D eigenvalue weighted by Crippen LogP contribution is -2.23. The minimum atomic E-state index is -0.216. The van der Waals surface area contributed by atoms with Gasteiger partial charge in [0.15, 0.2) is 11.5 Å². The summed E-state index contributed by atoms with van der Waals surface area (Å²) in [7, 11) is 0. The largest absolute Gasteiger partial charge is 0.493 e. The van der Waals surface area contributed by atoms with Crippen LogP contribution in [0.1, 0.15) is 29.4 Å². The molecule has 0 atom stereocenters. The predicted octanol–water partition coefficient (Wildman–Crippen LogP) is 4.26. The van der Waals surface area contributed by atoms with Crippen LogP contribution in [0.2, 0.25) is 0 Å². The molecule has 2 heterocycles. The Morgan fingerprint density at radius 2 is 2.07 bits per heavy atom. The molecule has 1 aromatic heterocycles. The molecule has 0 saturated heterocycles. The molecule has 1 amide bonds. The van der Waals surface area contributed by atoms with Crippen molar-refractivity contribution in [1.82, 2.24) is 10.3 Å². The molecular weight excluding hydrogens is 376 g/mol. The second-order valence-electron chi connectivity index (χ2n) is 6.25. The number of amides is 1. The third-order valence-electron chi connectivity index (χ3n) is 4.21. The lowest BCUT2D eigenvalue weighted by molar-refractivity contribution is 0.0946. The van der Waals surface area contributed by atoms with Gasteiger partial charge in [0.05, 0.1) is 12.2 Å². The summed E-state index contributed by atoms with van der Waals surface area (Å²) >= 11 is 1.43. The summed E-state index contributed by atoms with van der Waals surface area (Å²) in [5.41, 5.74) is 2.23. The Balaban J connectivity index is 1.43. The highest BCUT2D eigenvalue weighted by Gasteiger charge is 2.16. The van der Waals surface area contributed by atoms with E-state index in [2.05, 4.69) is 17.2 Å². The quantitative estimate of drug-likeness (QED) is 0.646. The molecule has 28 heavy (non-hydrogen) atoms. The molecule has 6 nitrogen and oxygen atoms in total. The molecule has 0 radical (unpaired) electrons. The Bertz CT molecular complexity index is 986. The van der Waals surface area contributed by atoms with E-state index in [9.17, 15) is 4.79 Å². The minimum Gasteiger partial charge on any atom is -0.493 e. The molecule has 7 heteroatoms. The van der Waals surface area contributed by atoms with Crippen LogP contribution >= 0.6 is 11.3 Å². The number of rotatable bonds is 7. The minimum absolute atomic E-state index is 0.216. The van der Waals surface area contributed by atoms with Crippen LogP contribution in [0.5, 0.6) is 17.2 Å². The number of hydrogen-bond acceptors (Lipinski definition) is 6. The average molecular weight is 396 g/mol. The first-order valence-corrected chi connectivity index (χ1v) is 9.97. The van der Waals surface area contributed by atoms with Gasteiger partial charge in [-0.05, 0) is 36.2 Å². The zero-order valence-corrected chi connectivity index (χ0v) is 16.3. The van der Waals surface area contributed by atoms with Gasteiger partial charge in [-0.3, -0.25) is 4.79 Å². The van der Waals surface area contributed by atoms with Crippen molar-refractivity contribution >= 4 is 17.2 Å². The van der Waals surface area contributed by atoms with Crippen LogP contribution in [0, 0.1) is 0 Å². The smallest absolute Gasteiger partial charge is 0.271 e. The van der Waals surface area contributed by atoms with E-state index in [1.165, 1.54) is 11.3 Å². The van der Waals surface area contributed by atoms with Crippen LogP contribution in [0.3, 0.4) is 0 Å². The summed E-state index contributed by atoms with van der Waals surface area (Å²) < 4.78 is 16.5. The number of hydrogen-bond donors (Lipinski definition) is 1. The van der Waals surface area contributed by atoms with E-state index in [-0.39, 0.29) is 12.7 Å². The van der Waals surface area contributed by atoms with Gasteiger partial charge in [0.25, 0.3) is 5.91 Å². The van der Waals surface area contributed by atoms with Crippen molar-refractivity contribution in [3.63, 3.8) is 0 Å². The molecule has 2 aromatic carbocycles. The van der Waals surface area contributed by atoms with Crippen LogP contribution < -0.4 is 19.5 Å². The van der Waals surface area contributed by atoms with Crippen LogP contribution in [0.15, 0.2) is 47.8 Å². The first-order chi connectivity index (χ1) is 13.7. The standard InChI is InChI=1S/C21H20N2O4S/c1-2-9-25-17-6-4-3-5-15(17)21-23-16(12-28-21)20(24)22-11-14-7-8-18-19(10-14)27-13-26-18/h3-8,10,12H,2,9,11,13H2,1H3,(H,22,24). The molecule has 0 fully saturated rings. The molecule has 0 saturated carbocycles. The van der Waals surface area contributed by atoms with Gasteiger partial charge in [-0.1, -0.05) is 25.1 Å². The summed E-state index contributed by atoms with van der Waals surface area (Å²) in [4.78, 5) is 17.0. The molecule has 3 aromatic rings. The number of carbonyl (C=O) groups excluding carboxylic acids is 1. The molecular formula is C21H20N2O4S. The molecule has 0 aliphatic carbocycles. The van der Waals surface area contributed by atoms with Crippen molar-refractivity contribution < 1.29 is 19.0 Å². The lowest BCUT2D eigenvalue weighted by Gasteiger charge is -2.08. The van der Waals surface area contributed by atoms with Crippen LogP contribution in [-0.4, -0.2) is 24.3 Å². The first kappa shape index (κ1) is 18.3. The van der Waals surface area contributed by atoms with Crippen molar-refractivity contribution in [2.45, 2.75) is 19.9 Å². The fraction of sp³-hybridized carbons (Fsp3) is 0.238. The number of thiazole rings is 1. The SMILES string of the molecule is CCCOc1ccccc1-c1nc(C(=O)NCc2ccc3c(c2)OCO3)cs1. The second kappa shape index (κ2) is 8.31. The summed E-state index contributed by atoms with van der Waals surface area (Å²) in [6.45, 7) is 3.33. The van der Waals surface area contributed by atoms with Gasteiger partial charge in [0, 0.05) is 11.9 Å². The number of benzene rings is 2. The number of carbonyl (C=O) groups is 1. The van der Waals surface area contributed by atoms with Crippen LogP contribution in [0.25, 0.3) is 10.6 Å². The lowest BCUT2D eigenvalue weighted by atomic mass is 10.2. The summed E-state index contributed by atoms with van der Waals surface area (Å²) in [5.74, 6) is 1.99. The highest BCUT2D eigenvalue weighted by atomic mass is 32.1. The van der Waals surface area contributed by atoms with Crippen molar-refractivity contribution in [1.29, 1.82) is 0 Å². The number of aromatic nitrogens is 1. The topological polar surface area (TPSA) is 69.7 Å². The summed E-state index contributed by atoms with van der Waals surface area (Å²) in [5, 5.41) is 5.43. The zero-order valence-electron chi connectivity index (χ0n) is 15.4. The summed E-state index contributed by atoms with van der Waals surface area (Å²) in [6.07, 6.45) is 0.930. The van der Waals surface area contributed by atoms with Gasteiger partial charge in [-0.2, -0.15) is 0 Å². The maximum Gasteiger partial charge on any atom is 0.271 e. The van der Waals surface area contributed by atoms with Crippen molar-refractivity contribution in [2.75, 3.05) is 13.4 Å². The van der Waals surface area contributed by atoms with Gasteiger partial charge in [-0.15, -0.1) is 11.3 Å².